The van der Waals surface area contributed by atoms with Gasteiger partial charge in [-0.2, -0.15) is 0 Å². The van der Waals surface area contributed by atoms with Gasteiger partial charge in [0.15, 0.2) is 0 Å². The minimum atomic E-state index is 0.393. The molecule has 0 bridgehead atoms. The molecular weight excluding hydrogens is 270 g/mol. The Labute approximate surface area is 124 Å². The van der Waals surface area contributed by atoms with Crippen LogP contribution >= 0.6 is 12.2 Å². The van der Waals surface area contributed by atoms with Crippen molar-refractivity contribution in [2.24, 2.45) is 5.73 Å². The van der Waals surface area contributed by atoms with E-state index in [4.69, 9.17) is 27.4 Å². The van der Waals surface area contributed by atoms with Crippen molar-refractivity contribution >= 4 is 17.2 Å². The molecular formula is C16H17NO2S. The van der Waals surface area contributed by atoms with Crippen molar-refractivity contribution in [2.45, 2.75) is 6.61 Å². The van der Waals surface area contributed by atoms with Crippen molar-refractivity contribution in [3.05, 3.63) is 65.7 Å². The Morgan fingerprint density at radius 3 is 2.40 bits per heavy atom. The van der Waals surface area contributed by atoms with Gasteiger partial charge in [-0.3, -0.25) is 0 Å². The van der Waals surface area contributed by atoms with E-state index < -0.39 is 0 Å². The highest BCUT2D eigenvalue weighted by Crippen LogP contribution is 2.11. The predicted octanol–water partition coefficient (Wildman–Crippen LogP) is 2.92. The summed E-state index contributed by atoms with van der Waals surface area (Å²) in [5, 5.41) is 0. The molecule has 20 heavy (non-hydrogen) atoms. The number of ether oxygens (including phenoxy) is 2. The second kappa shape index (κ2) is 7.62. The van der Waals surface area contributed by atoms with Crippen molar-refractivity contribution < 1.29 is 9.47 Å². The summed E-state index contributed by atoms with van der Waals surface area (Å²) < 4.78 is 11.1. The van der Waals surface area contributed by atoms with E-state index in [1.165, 1.54) is 0 Å². The second-order valence-corrected chi connectivity index (χ2v) is 4.68. The van der Waals surface area contributed by atoms with E-state index in [0.29, 0.717) is 24.8 Å². The summed E-state index contributed by atoms with van der Waals surface area (Å²) in [6.07, 6.45) is 0. The second-order valence-electron chi connectivity index (χ2n) is 4.24. The zero-order valence-corrected chi connectivity index (χ0v) is 11.9. The number of rotatable bonds is 7. The van der Waals surface area contributed by atoms with Crippen LogP contribution in [0.25, 0.3) is 0 Å². The quantitative estimate of drug-likeness (QED) is 0.628. The minimum absolute atomic E-state index is 0.393. The van der Waals surface area contributed by atoms with Crippen LogP contribution in [0.5, 0.6) is 5.75 Å². The maximum atomic E-state index is 5.67. The Morgan fingerprint density at radius 2 is 1.65 bits per heavy atom. The molecule has 0 fully saturated rings. The lowest BCUT2D eigenvalue weighted by Crippen LogP contribution is -2.13. The van der Waals surface area contributed by atoms with Crippen LogP contribution in [0.3, 0.4) is 0 Å². The maximum absolute atomic E-state index is 5.67. The standard InChI is InChI=1S/C16H17NO2S/c17-16(20)15-9-5-4-6-13(15)12-18-10-11-19-14-7-2-1-3-8-14/h1-9H,10-12H2,(H2,17,20). The summed E-state index contributed by atoms with van der Waals surface area (Å²) in [7, 11) is 0. The maximum Gasteiger partial charge on any atom is 0.119 e. The normalized spacial score (nSPS) is 10.2. The monoisotopic (exact) mass is 287 g/mol. The highest BCUT2D eigenvalue weighted by molar-refractivity contribution is 7.80. The first-order valence-electron chi connectivity index (χ1n) is 6.40. The number of thiocarbonyl (C=S) groups is 1. The fourth-order valence-corrected chi connectivity index (χ4v) is 2.00. The summed E-state index contributed by atoms with van der Waals surface area (Å²) in [6.45, 7) is 1.51. The van der Waals surface area contributed by atoms with Crippen molar-refractivity contribution in [1.29, 1.82) is 0 Å². The molecule has 2 N–H and O–H groups in total. The van der Waals surface area contributed by atoms with Crippen molar-refractivity contribution in [1.82, 2.24) is 0 Å². The molecule has 4 heteroatoms. The molecule has 0 aliphatic heterocycles. The Kier molecular flexibility index (Phi) is 5.53. The summed E-state index contributed by atoms with van der Waals surface area (Å²) in [6, 6.07) is 17.4. The lowest BCUT2D eigenvalue weighted by molar-refractivity contribution is 0.0888. The predicted molar refractivity (Wildman–Crippen MR) is 83.9 cm³/mol. The molecule has 104 valence electrons. The average molecular weight is 287 g/mol. The highest BCUT2D eigenvalue weighted by atomic mass is 32.1. The zero-order chi connectivity index (χ0) is 14.2. The third-order valence-electron chi connectivity index (χ3n) is 2.78. The fraction of sp³-hybridized carbons (Fsp3) is 0.188. The van der Waals surface area contributed by atoms with Crippen LogP contribution in [0, 0.1) is 0 Å². The molecule has 2 aromatic carbocycles. The summed E-state index contributed by atoms with van der Waals surface area (Å²) >= 11 is 5.01. The van der Waals surface area contributed by atoms with E-state index in [-0.39, 0.29) is 0 Å². The molecule has 0 amide bonds. The Bertz CT molecular complexity index is 557. The summed E-state index contributed by atoms with van der Waals surface area (Å²) in [5.41, 5.74) is 7.54. The molecule has 0 aromatic heterocycles. The van der Waals surface area contributed by atoms with Crippen molar-refractivity contribution in [3.8, 4) is 5.75 Å². The van der Waals surface area contributed by atoms with Gasteiger partial charge >= 0.3 is 0 Å². The third-order valence-corrected chi connectivity index (χ3v) is 3.00. The highest BCUT2D eigenvalue weighted by Gasteiger charge is 2.04. The van der Waals surface area contributed by atoms with Crippen LogP contribution < -0.4 is 10.5 Å². The van der Waals surface area contributed by atoms with Gasteiger partial charge < -0.3 is 15.2 Å². The molecule has 0 unspecified atom stereocenters. The van der Waals surface area contributed by atoms with Crippen LogP contribution in [-0.2, 0) is 11.3 Å². The minimum Gasteiger partial charge on any atom is -0.491 e. The Balaban J connectivity index is 1.75. The number of hydrogen-bond acceptors (Lipinski definition) is 3. The van der Waals surface area contributed by atoms with Gasteiger partial charge in [-0.25, -0.2) is 0 Å². The van der Waals surface area contributed by atoms with Gasteiger partial charge in [0.05, 0.1) is 13.2 Å². The molecule has 0 heterocycles. The van der Waals surface area contributed by atoms with E-state index in [2.05, 4.69) is 0 Å². The fourth-order valence-electron chi connectivity index (χ4n) is 1.80. The van der Waals surface area contributed by atoms with Gasteiger partial charge in [-0.1, -0.05) is 54.7 Å². The SMILES string of the molecule is NC(=S)c1ccccc1COCCOc1ccccc1. The van der Waals surface area contributed by atoms with E-state index in [0.717, 1.165) is 16.9 Å². The smallest absolute Gasteiger partial charge is 0.119 e. The molecule has 0 saturated heterocycles. The van der Waals surface area contributed by atoms with Gasteiger partial charge in [0.25, 0.3) is 0 Å². The molecule has 0 aliphatic rings. The van der Waals surface area contributed by atoms with Gasteiger partial charge in [-0.05, 0) is 17.7 Å². The van der Waals surface area contributed by atoms with Crippen molar-refractivity contribution in [3.63, 3.8) is 0 Å². The Hall–Kier alpha value is -1.91. The van der Waals surface area contributed by atoms with Crippen molar-refractivity contribution in [2.75, 3.05) is 13.2 Å². The molecule has 2 aromatic rings. The van der Waals surface area contributed by atoms with Gasteiger partial charge in [0.2, 0.25) is 0 Å². The molecule has 0 saturated carbocycles. The van der Waals surface area contributed by atoms with E-state index in [9.17, 15) is 0 Å². The van der Waals surface area contributed by atoms with Crippen LogP contribution in [0.1, 0.15) is 11.1 Å². The molecule has 0 spiro atoms. The van der Waals surface area contributed by atoms with Crippen LogP contribution in [0.15, 0.2) is 54.6 Å². The van der Waals surface area contributed by atoms with Crippen LogP contribution in [0.4, 0.5) is 0 Å². The first kappa shape index (κ1) is 14.5. The average Bonchev–Trinajstić information content (AvgIpc) is 2.48. The van der Waals surface area contributed by atoms with Gasteiger partial charge in [-0.15, -0.1) is 0 Å². The summed E-state index contributed by atoms with van der Waals surface area (Å²) in [5.74, 6) is 0.847. The molecule has 3 nitrogen and oxygen atoms in total. The molecule has 0 atom stereocenters. The van der Waals surface area contributed by atoms with Crippen LogP contribution in [0.2, 0.25) is 0 Å². The zero-order valence-electron chi connectivity index (χ0n) is 11.1. The van der Waals surface area contributed by atoms with Crippen LogP contribution in [-0.4, -0.2) is 18.2 Å². The first-order chi connectivity index (χ1) is 9.77. The van der Waals surface area contributed by atoms with E-state index in [1.807, 2.05) is 54.6 Å². The third kappa shape index (κ3) is 4.33. The number of para-hydroxylation sites is 1. The molecule has 0 radical (unpaired) electrons. The topological polar surface area (TPSA) is 44.5 Å². The molecule has 2 rings (SSSR count). The number of hydrogen-bond donors (Lipinski definition) is 1. The first-order valence-corrected chi connectivity index (χ1v) is 6.81. The molecule has 0 aliphatic carbocycles. The van der Waals surface area contributed by atoms with E-state index >= 15 is 0 Å². The largest absolute Gasteiger partial charge is 0.491 e. The summed E-state index contributed by atoms with van der Waals surface area (Å²) in [4.78, 5) is 0.393. The lowest BCUT2D eigenvalue weighted by Gasteiger charge is -2.10. The van der Waals surface area contributed by atoms with E-state index in [1.54, 1.807) is 0 Å². The number of benzene rings is 2. The number of nitrogens with two attached hydrogens (primary N) is 1. The van der Waals surface area contributed by atoms with Gasteiger partial charge in [0, 0.05) is 5.56 Å². The Morgan fingerprint density at radius 1 is 0.950 bits per heavy atom. The van der Waals surface area contributed by atoms with Gasteiger partial charge in [0.1, 0.15) is 17.3 Å². The lowest BCUT2D eigenvalue weighted by atomic mass is 10.1.